The Hall–Kier alpha value is 0.920. The van der Waals surface area contributed by atoms with Gasteiger partial charge in [-0.3, -0.25) is 0 Å². The van der Waals surface area contributed by atoms with Crippen LogP contribution in [-0.4, -0.2) is 16.3 Å². The number of rotatable bonds is 5. The molecule has 0 fully saturated rings. The zero-order chi connectivity index (χ0) is 9.72. The Bertz CT molecular complexity index is 117. The van der Waals surface area contributed by atoms with Gasteiger partial charge in [0.2, 0.25) is 0 Å². The smallest absolute Gasteiger partial charge is 0.0991 e. The predicted octanol–water partition coefficient (Wildman–Crippen LogP) is 3.63. The summed E-state index contributed by atoms with van der Waals surface area (Å²) in [5.41, 5.74) is 0. The summed E-state index contributed by atoms with van der Waals surface area (Å²) >= 11 is 6.80. The highest BCUT2D eigenvalue weighted by molar-refractivity contribution is 9.09. The second kappa shape index (κ2) is 6.39. The van der Waals surface area contributed by atoms with E-state index in [1.54, 1.807) is 0 Å². The first-order chi connectivity index (χ1) is 5.50. The summed E-state index contributed by atoms with van der Waals surface area (Å²) in [6, 6.07) is 0. The van der Waals surface area contributed by atoms with Gasteiger partial charge >= 0.3 is 0 Å². The summed E-state index contributed by atoms with van der Waals surface area (Å²) in [7, 11) is 0. The van der Waals surface area contributed by atoms with Gasteiger partial charge < -0.3 is 0 Å². The zero-order valence-corrected chi connectivity index (χ0v) is 11.1. The quantitative estimate of drug-likeness (QED) is 0.691. The summed E-state index contributed by atoms with van der Waals surface area (Å²) in [4.78, 5) is 0.317. The third-order valence-electron chi connectivity index (χ3n) is 2.37. The first kappa shape index (κ1) is 12.9. The number of alkyl halides is 2. The van der Waals surface area contributed by atoms with E-state index >= 15 is 0 Å². The molecule has 73 valence electrons. The first-order valence-corrected chi connectivity index (χ1v) is 6.40. The van der Waals surface area contributed by atoms with Crippen LogP contribution in [0.3, 0.4) is 0 Å². The largest absolute Gasteiger partial charge is 0.232 e. The monoisotopic (exact) mass is 299 g/mol. The Balaban J connectivity index is 3.90. The van der Waals surface area contributed by atoms with Crippen LogP contribution in [0.5, 0.6) is 0 Å². The van der Waals surface area contributed by atoms with Gasteiger partial charge in [0.25, 0.3) is 0 Å². The summed E-state index contributed by atoms with van der Waals surface area (Å²) < 4.78 is 0. The van der Waals surface area contributed by atoms with E-state index in [9.17, 15) is 5.11 Å². The summed E-state index contributed by atoms with van der Waals surface area (Å²) in [6.07, 6.45) is 0.523. The molecule has 0 aromatic carbocycles. The fourth-order valence-electron chi connectivity index (χ4n) is 1.12. The highest BCUT2D eigenvalue weighted by atomic mass is 79.9. The lowest BCUT2D eigenvalue weighted by molar-refractivity contribution is 0.00146. The normalized spacial score (nSPS) is 21.5. The predicted molar refractivity (Wildman–Crippen MR) is 59.6 cm³/mol. The average Bonchev–Trinajstić information content (AvgIpc) is 2.02. The zero-order valence-electron chi connectivity index (χ0n) is 7.89. The van der Waals surface area contributed by atoms with Crippen LogP contribution >= 0.6 is 31.9 Å². The molecule has 0 saturated carbocycles. The second-order valence-corrected chi connectivity index (χ2v) is 5.69. The van der Waals surface area contributed by atoms with Gasteiger partial charge in [-0.05, 0) is 18.3 Å². The molecule has 3 heteroatoms. The molecule has 0 heterocycles. The van der Waals surface area contributed by atoms with Crippen LogP contribution in [0.4, 0.5) is 0 Å². The molecule has 0 aliphatic heterocycles. The third-order valence-corrected chi connectivity index (χ3v) is 3.66. The molecule has 0 amide bonds. The van der Waals surface area contributed by atoms with Crippen LogP contribution in [-0.2, 0) is 5.11 Å². The lowest BCUT2D eigenvalue weighted by Gasteiger charge is -2.24. The molecular formula is C9H17Br2O. The van der Waals surface area contributed by atoms with E-state index in [0.717, 1.165) is 11.8 Å². The molecule has 0 aliphatic carbocycles. The van der Waals surface area contributed by atoms with Crippen molar-refractivity contribution < 1.29 is 5.11 Å². The van der Waals surface area contributed by atoms with E-state index in [1.807, 2.05) is 20.8 Å². The van der Waals surface area contributed by atoms with E-state index in [0.29, 0.717) is 4.83 Å². The molecule has 0 N–H and O–H groups in total. The van der Waals surface area contributed by atoms with Gasteiger partial charge in [-0.15, -0.1) is 0 Å². The molecule has 0 spiro atoms. The molecule has 0 bridgehead atoms. The Morgan fingerprint density at radius 3 is 2.08 bits per heavy atom. The van der Waals surface area contributed by atoms with Gasteiger partial charge in [-0.2, -0.15) is 0 Å². The van der Waals surface area contributed by atoms with Crippen LogP contribution in [0.1, 0.15) is 27.2 Å². The molecule has 0 aromatic rings. The van der Waals surface area contributed by atoms with Gasteiger partial charge in [0.1, 0.15) is 0 Å². The minimum Gasteiger partial charge on any atom is -0.232 e. The van der Waals surface area contributed by atoms with E-state index in [1.165, 1.54) is 0 Å². The molecule has 4 atom stereocenters. The van der Waals surface area contributed by atoms with Crippen LogP contribution in [0, 0.1) is 11.8 Å². The summed E-state index contributed by atoms with van der Waals surface area (Å²) in [5, 5.41) is 12.6. The number of hydrogen-bond donors (Lipinski definition) is 0. The van der Waals surface area contributed by atoms with E-state index < -0.39 is 6.10 Å². The van der Waals surface area contributed by atoms with Gasteiger partial charge in [-0.1, -0.05) is 52.6 Å². The minimum absolute atomic E-state index is 0.207. The lowest BCUT2D eigenvalue weighted by Crippen LogP contribution is -2.29. The Morgan fingerprint density at radius 1 is 1.25 bits per heavy atom. The maximum absolute atomic E-state index is 11.7. The Kier molecular flexibility index (Phi) is 6.87. The maximum atomic E-state index is 11.7. The van der Waals surface area contributed by atoms with Crippen LogP contribution < -0.4 is 0 Å². The second-order valence-electron chi connectivity index (χ2n) is 3.46. The topological polar surface area (TPSA) is 19.9 Å². The first-order valence-electron chi connectivity index (χ1n) is 4.36. The van der Waals surface area contributed by atoms with Gasteiger partial charge in [-0.25, -0.2) is 5.11 Å². The highest BCUT2D eigenvalue weighted by Gasteiger charge is 2.25. The highest BCUT2D eigenvalue weighted by Crippen LogP contribution is 2.23. The summed E-state index contributed by atoms with van der Waals surface area (Å²) in [6.45, 7) is 6.09. The van der Waals surface area contributed by atoms with Crippen LogP contribution in [0.15, 0.2) is 0 Å². The Morgan fingerprint density at radius 2 is 1.75 bits per heavy atom. The molecule has 0 rings (SSSR count). The van der Waals surface area contributed by atoms with Crippen molar-refractivity contribution in [2.75, 3.05) is 5.33 Å². The van der Waals surface area contributed by atoms with Crippen molar-refractivity contribution in [2.24, 2.45) is 11.8 Å². The minimum atomic E-state index is -0.447. The van der Waals surface area contributed by atoms with Crippen molar-refractivity contribution >= 4 is 31.9 Å². The third kappa shape index (κ3) is 4.24. The molecule has 1 nitrogen and oxygen atoms in total. The summed E-state index contributed by atoms with van der Waals surface area (Å²) in [5.74, 6) is 0.471. The SMILES string of the molecule is CC(Br)C(C)C([O])C(C)CCBr. The number of halogens is 2. The fraction of sp³-hybridized carbons (Fsp3) is 1.00. The molecular weight excluding hydrogens is 284 g/mol. The van der Waals surface area contributed by atoms with E-state index in [4.69, 9.17) is 0 Å². The molecule has 4 unspecified atom stereocenters. The van der Waals surface area contributed by atoms with Gasteiger partial charge in [0, 0.05) is 10.2 Å². The van der Waals surface area contributed by atoms with E-state index in [2.05, 4.69) is 31.9 Å². The molecule has 12 heavy (non-hydrogen) atoms. The van der Waals surface area contributed by atoms with Gasteiger partial charge in [0.05, 0.1) is 6.10 Å². The molecule has 0 saturated heterocycles. The Labute approximate surface area is 92.2 Å². The van der Waals surface area contributed by atoms with E-state index in [-0.39, 0.29) is 11.8 Å². The van der Waals surface area contributed by atoms with Crippen molar-refractivity contribution in [3.63, 3.8) is 0 Å². The van der Waals surface area contributed by atoms with Crippen molar-refractivity contribution in [3.05, 3.63) is 0 Å². The van der Waals surface area contributed by atoms with Crippen molar-refractivity contribution in [3.8, 4) is 0 Å². The maximum Gasteiger partial charge on any atom is 0.0991 e. The molecule has 0 aromatic heterocycles. The number of hydrogen-bond acceptors (Lipinski definition) is 0. The van der Waals surface area contributed by atoms with Gasteiger partial charge in [0.15, 0.2) is 0 Å². The fourth-order valence-corrected chi connectivity index (χ4v) is 2.14. The molecule has 0 aliphatic rings. The van der Waals surface area contributed by atoms with Crippen molar-refractivity contribution in [1.82, 2.24) is 0 Å². The lowest BCUT2D eigenvalue weighted by atomic mass is 9.90. The van der Waals surface area contributed by atoms with Crippen molar-refractivity contribution in [2.45, 2.75) is 38.1 Å². The van der Waals surface area contributed by atoms with Crippen LogP contribution in [0.25, 0.3) is 0 Å². The standard InChI is InChI=1S/C9H17Br2O/c1-6(4-5-10)9(12)7(2)8(3)11/h6-9H,4-5H2,1-3H3. The van der Waals surface area contributed by atoms with Crippen molar-refractivity contribution in [1.29, 1.82) is 0 Å². The average molecular weight is 301 g/mol. The van der Waals surface area contributed by atoms with Crippen LogP contribution in [0.2, 0.25) is 0 Å². The molecule has 1 radical (unpaired) electrons.